The number of halogens is 1. The average Bonchev–Trinajstić information content (AvgIpc) is 2.28. The summed E-state index contributed by atoms with van der Waals surface area (Å²) in [6.45, 7) is 3.17. The quantitative estimate of drug-likeness (QED) is 0.807. The van der Waals surface area contributed by atoms with E-state index >= 15 is 0 Å². The zero-order chi connectivity index (χ0) is 12.0. The van der Waals surface area contributed by atoms with Crippen molar-refractivity contribution in [2.45, 2.75) is 13.0 Å². The summed E-state index contributed by atoms with van der Waals surface area (Å²) < 4.78 is 23.9. The molecule has 1 unspecified atom stereocenters. The van der Waals surface area contributed by atoms with Crippen LogP contribution in [0.1, 0.15) is 18.6 Å². The molecule has 1 atom stereocenters. The highest BCUT2D eigenvalue weighted by atomic mass is 19.1. The van der Waals surface area contributed by atoms with E-state index in [0.29, 0.717) is 13.2 Å². The molecule has 0 aliphatic heterocycles. The van der Waals surface area contributed by atoms with Gasteiger partial charge in [-0.3, -0.25) is 0 Å². The van der Waals surface area contributed by atoms with Crippen LogP contribution in [0.15, 0.2) is 18.2 Å². The largest absolute Gasteiger partial charge is 0.494 e. The summed E-state index contributed by atoms with van der Waals surface area (Å²) in [5, 5.41) is 3.02. The fourth-order valence-corrected chi connectivity index (χ4v) is 1.54. The van der Waals surface area contributed by atoms with Crippen LogP contribution in [0.3, 0.4) is 0 Å². The molecule has 0 radical (unpaired) electrons. The van der Waals surface area contributed by atoms with Gasteiger partial charge in [-0.15, -0.1) is 0 Å². The minimum Gasteiger partial charge on any atom is -0.494 e. The maximum absolute atomic E-state index is 13.5. The molecule has 0 bridgehead atoms. The predicted octanol–water partition coefficient (Wildman–Crippen LogP) is 2.13. The number of hydrogen-bond acceptors (Lipinski definition) is 3. The molecule has 1 N–H and O–H groups in total. The van der Waals surface area contributed by atoms with Crippen molar-refractivity contribution in [3.05, 3.63) is 29.6 Å². The average molecular weight is 227 g/mol. The first kappa shape index (κ1) is 12.9. The molecular weight excluding hydrogens is 209 g/mol. The summed E-state index contributed by atoms with van der Waals surface area (Å²) in [5.74, 6) is -0.107. The van der Waals surface area contributed by atoms with Crippen molar-refractivity contribution in [1.29, 1.82) is 0 Å². The van der Waals surface area contributed by atoms with Gasteiger partial charge in [0.05, 0.1) is 13.2 Å². The molecule has 0 spiro atoms. The Kier molecular flexibility index (Phi) is 5.22. The Balaban J connectivity index is 2.87. The van der Waals surface area contributed by atoms with Gasteiger partial charge in [0.15, 0.2) is 11.6 Å². The van der Waals surface area contributed by atoms with Gasteiger partial charge >= 0.3 is 0 Å². The number of nitrogens with one attached hydrogen (secondary N) is 1. The van der Waals surface area contributed by atoms with Crippen LogP contribution >= 0.6 is 0 Å². The van der Waals surface area contributed by atoms with E-state index in [-0.39, 0.29) is 17.7 Å². The highest BCUT2D eigenvalue weighted by Crippen LogP contribution is 2.23. The molecule has 0 saturated carbocycles. The van der Waals surface area contributed by atoms with Crippen molar-refractivity contribution >= 4 is 0 Å². The highest BCUT2D eigenvalue weighted by Gasteiger charge is 2.13. The molecule has 0 aromatic heterocycles. The Bertz CT molecular complexity index is 325. The van der Waals surface area contributed by atoms with E-state index in [1.165, 1.54) is 13.2 Å². The van der Waals surface area contributed by atoms with Gasteiger partial charge in [0.1, 0.15) is 0 Å². The maximum Gasteiger partial charge on any atom is 0.165 e. The van der Waals surface area contributed by atoms with Crippen LogP contribution in [0.2, 0.25) is 0 Å². The van der Waals surface area contributed by atoms with Gasteiger partial charge in [-0.1, -0.05) is 6.07 Å². The Morgan fingerprint density at radius 1 is 1.44 bits per heavy atom. The molecule has 16 heavy (non-hydrogen) atoms. The van der Waals surface area contributed by atoms with Crippen molar-refractivity contribution in [3.63, 3.8) is 0 Å². The second kappa shape index (κ2) is 6.45. The number of benzene rings is 1. The van der Waals surface area contributed by atoms with Gasteiger partial charge in [-0.25, -0.2) is 4.39 Å². The summed E-state index contributed by atoms with van der Waals surface area (Å²) in [4.78, 5) is 0. The second-order valence-electron chi connectivity index (χ2n) is 3.40. The van der Waals surface area contributed by atoms with Crippen molar-refractivity contribution in [3.8, 4) is 5.75 Å². The molecule has 1 aromatic carbocycles. The minimum absolute atomic E-state index is 0.129. The Morgan fingerprint density at radius 3 is 2.69 bits per heavy atom. The van der Waals surface area contributed by atoms with Crippen LogP contribution in [0.4, 0.5) is 4.39 Å². The number of ether oxygens (including phenoxy) is 2. The highest BCUT2D eigenvalue weighted by molar-refractivity contribution is 5.30. The Morgan fingerprint density at radius 2 is 2.19 bits per heavy atom. The lowest BCUT2D eigenvalue weighted by molar-refractivity contribution is 0.0635. The normalized spacial score (nSPS) is 12.5. The third-order valence-electron chi connectivity index (χ3n) is 2.31. The summed E-state index contributed by atoms with van der Waals surface area (Å²) in [5.41, 5.74) is 0.814. The number of likely N-dealkylation sites (N-methyl/N-ethyl adjacent to an activating group) is 1. The number of rotatable bonds is 6. The molecule has 0 fully saturated rings. The molecule has 0 amide bonds. The van der Waals surface area contributed by atoms with E-state index in [9.17, 15) is 4.39 Å². The van der Waals surface area contributed by atoms with Crippen molar-refractivity contribution in [2.75, 3.05) is 27.3 Å². The van der Waals surface area contributed by atoms with E-state index < -0.39 is 0 Å². The topological polar surface area (TPSA) is 30.5 Å². The molecule has 4 heteroatoms. The molecular formula is C12H18FNO2. The van der Waals surface area contributed by atoms with E-state index in [4.69, 9.17) is 9.47 Å². The lowest BCUT2D eigenvalue weighted by Crippen LogP contribution is -2.19. The summed E-state index contributed by atoms with van der Waals surface area (Å²) in [7, 11) is 3.29. The van der Waals surface area contributed by atoms with Gasteiger partial charge < -0.3 is 14.8 Å². The number of hydrogen-bond donors (Lipinski definition) is 1. The van der Waals surface area contributed by atoms with Crippen LogP contribution in [0.5, 0.6) is 5.75 Å². The van der Waals surface area contributed by atoms with Crippen molar-refractivity contribution in [1.82, 2.24) is 5.32 Å². The fraction of sp³-hybridized carbons (Fsp3) is 0.500. The van der Waals surface area contributed by atoms with Crippen LogP contribution in [0, 0.1) is 5.82 Å². The van der Waals surface area contributed by atoms with Crippen LogP contribution in [-0.4, -0.2) is 27.3 Å². The van der Waals surface area contributed by atoms with E-state index in [1.807, 2.05) is 20.0 Å². The first-order chi connectivity index (χ1) is 7.72. The minimum atomic E-state index is -0.360. The molecule has 0 aliphatic rings. The van der Waals surface area contributed by atoms with Gasteiger partial charge in [0.2, 0.25) is 0 Å². The summed E-state index contributed by atoms with van der Waals surface area (Å²) >= 11 is 0. The van der Waals surface area contributed by atoms with Crippen LogP contribution in [0.25, 0.3) is 0 Å². The zero-order valence-corrected chi connectivity index (χ0v) is 9.92. The Hall–Kier alpha value is -1.13. The Labute approximate surface area is 95.6 Å². The van der Waals surface area contributed by atoms with Crippen molar-refractivity contribution < 1.29 is 13.9 Å². The first-order valence-electron chi connectivity index (χ1n) is 5.32. The standard InChI is InChI=1S/C12H18FNO2/c1-4-16-12(8-14-2)9-5-6-11(15-3)10(13)7-9/h5-7,12,14H,4,8H2,1-3H3. The number of methoxy groups -OCH3 is 1. The third kappa shape index (κ3) is 3.18. The van der Waals surface area contributed by atoms with Gasteiger partial charge in [0.25, 0.3) is 0 Å². The smallest absolute Gasteiger partial charge is 0.165 e. The monoisotopic (exact) mass is 227 g/mol. The van der Waals surface area contributed by atoms with Gasteiger partial charge in [-0.05, 0) is 31.7 Å². The molecule has 1 aromatic rings. The maximum atomic E-state index is 13.5. The third-order valence-corrected chi connectivity index (χ3v) is 2.31. The summed E-state index contributed by atoms with van der Waals surface area (Å²) in [6.07, 6.45) is -0.129. The molecule has 0 aliphatic carbocycles. The second-order valence-corrected chi connectivity index (χ2v) is 3.40. The summed E-state index contributed by atoms with van der Waals surface area (Å²) in [6, 6.07) is 4.89. The lowest BCUT2D eigenvalue weighted by Gasteiger charge is -2.17. The van der Waals surface area contributed by atoms with Gasteiger partial charge in [-0.2, -0.15) is 0 Å². The lowest BCUT2D eigenvalue weighted by atomic mass is 10.1. The molecule has 0 saturated heterocycles. The zero-order valence-electron chi connectivity index (χ0n) is 9.92. The SMILES string of the molecule is CCOC(CNC)c1ccc(OC)c(F)c1. The first-order valence-corrected chi connectivity index (χ1v) is 5.32. The fourth-order valence-electron chi connectivity index (χ4n) is 1.54. The van der Waals surface area contributed by atoms with E-state index in [0.717, 1.165) is 5.56 Å². The van der Waals surface area contributed by atoms with E-state index in [1.54, 1.807) is 6.07 Å². The van der Waals surface area contributed by atoms with Gasteiger partial charge in [0, 0.05) is 13.2 Å². The predicted molar refractivity (Wildman–Crippen MR) is 61.2 cm³/mol. The van der Waals surface area contributed by atoms with Crippen LogP contribution in [-0.2, 0) is 4.74 Å². The van der Waals surface area contributed by atoms with Crippen molar-refractivity contribution in [2.24, 2.45) is 0 Å². The van der Waals surface area contributed by atoms with E-state index in [2.05, 4.69) is 5.32 Å². The molecule has 0 heterocycles. The molecule has 90 valence electrons. The van der Waals surface area contributed by atoms with Crippen LogP contribution < -0.4 is 10.1 Å². The molecule has 3 nitrogen and oxygen atoms in total. The molecule has 1 rings (SSSR count).